The Hall–Kier alpha value is -2.11. The van der Waals surface area contributed by atoms with Crippen LogP contribution in [0.15, 0.2) is 18.5 Å². The monoisotopic (exact) mass is 219 g/mol. The van der Waals surface area contributed by atoms with Gasteiger partial charge in [-0.1, -0.05) is 0 Å². The molecule has 0 saturated heterocycles. The van der Waals surface area contributed by atoms with Gasteiger partial charge in [-0.15, -0.1) is 10.2 Å². The van der Waals surface area contributed by atoms with Gasteiger partial charge in [0.1, 0.15) is 5.75 Å². The van der Waals surface area contributed by atoms with Crippen LogP contribution in [0.1, 0.15) is 0 Å². The fourth-order valence-corrected chi connectivity index (χ4v) is 1.51. The molecule has 2 rings (SSSR count). The molecule has 0 spiro atoms. The Morgan fingerprint density at radius 2 is 2.19 bits per heavy atom. The molecule has 0 radical (unpaired) electrons. The number of methoxy groups -OCH3 is 1. The molecule has 6 nitrogen and oxygen atoms in total. The molecule has 2 aromatic rings. The smallest absolute Gasteiger partial charge is 0.224 e. The first-order valence-electron chi connectivity index (χ1n) is 4.83. The summed E-state index contributed by atoms with van der Waals surface area (Å²) in [5, 5.41) is 11.1. The normalized spacial score (nSPS) is 10.2. The Balaban J connectivity index is 2.54. The molecule has 84 valence electrons. The molecule has 0 bridgehead atoms. The number of pyridine rings is 1. The molecule has 0 unspecified atom stereocenters. The van der Waals surface area contributed by atoms with Crippen LogP contribution in [0, 0.1) is 0 Å². The maximum atomic E-state index is 5.23. The van der Waals surface area contributed by atoms with E-state index in [-0.39, 0.29) is 0 Å². The maximum absolute atomic E-state index is 5.23. The van der Waals surface area contributed by atoms with Gasteiger partial charge in [0.2, 0.25) is 5.95 Å². The summed E-state index contributed by atoms with van der Waals surface area (Å²) in [4.78, 5) is 4.00. The average molecular weight is 219 g/mol. The van der Waals surface area contributed by atoms with Crippen LogP contribution in [-0.4, -0.2) is 33.9 Å². The minimum Gasteiger partial charge on any atom is -0.494 e. The Kier molecular flexibility index (Phi) is 2.72. The maximum Gasteiger partial charge on any atom is 0.224 e. The van der Waals surface area contributed by atoms with Gasteiger partial charge in [-0.2, -0.15) is 0 Å². The predicted molar refractivity (Wildman–Crippen MR) is 60.3 cm³/mol. The van der Waals surface area contributed by atoms with Crippen LogP contribution in [0.3, 0.4) is 0 Å². The zero-order chi connectivity index (χ0) is 11.5. The lowest BCUT2D eigenvalue weighted by Crippen LogP contribution is -2.00. The summed E-state index contributed by atoms with van der Waals surface area (Å²) >= 11 is 0. The van der Waals surface area contributed by atoms with Crippen LogP contribution >= 0.6 is 0 Å². The zero-order valence-corrected chi connectivity index (χ0v) is 9.43. The van der Waals surface area contributed by atoms with Crippen molar-refractivity contribution in [3.05, 3.63) is 18.5 Å². The van der Waals surface area contributed by atoms with Crippen LogP contribution in [0.25, 0.3) is 11.4 Å². The van der Waals surface area contributed by atoms with Crippen molar-refractivity contribution in [2.24, 2.45) is 7.05 Å². The molecule has 0 aliphatic heterocycles. The molecular weight excluding hydrogens is 206 g/mol. The van der Waals surface area contributed by atoms with Crippen LogP contribution in [0.2, 0.25) is 0 Å². The molecule has 0 aliphatic carbocycles. The van der Waals surface area contributed by atoms with E-state index in [1.807, 2.05) is 17.7 Å². The molecule has 2 aromatic heterocycles. The van der Waals surface area contributed by atoms with Gasteiger partial charge in [-0.25, -0.2) is 0 Å². The highest BCUT2D eigenvalue weighted by molar-refractivity contribution is 5.64. The SMILES string of the molecule is CNc1nnc(-c2ccncc2OC)n1C. The summed E-state index contributed by atoms with van der Waals surface area (Å²) in [6, 6.07) is 1.85. The van der Waals surface area contributed by atoms with E-state index >= 15 is 0 Å². The number of hydrogen-bond donors (Lipinski definition) is 1. The van der Waals surface area contributed by atoms with Gasteiger partial charge < -0.3 is 10.1 Å². The molecule has 0 atom stereocenters. The summed E-state index contributed by atoms with van der Waals surface area (Å²) in [5.41, 5.74) is 0.869. The number of hydrogen-bond acceptors (Lipinski definition) is 5. The number of nitrogens with one attached hydrogen (secondary N) is 1. The highest BCUT2D eigenvalue weighted by Crippen LogP contribution is 2.27. The minimum absolute atomic E-state index is 0.681. The van der Waals surface area contributed by atoms with Crippen molar-refractivity contribution in [2.75, 3.05) is 19.5 Å². The van der Waals surface area contributed by atoms with Crippen molar-refractivity contribution < 1.29 is 4.74 Å². The van der Waals surface area contributed by atoms with Gasteiger partial charge in [0.25, 0.3) is 0 Å². The predicted octanol–water partition coefficient (Wildman–Crippen LogP) is 0.927. The second-order valence-electron chi connectivity index (χ2n) is 3.23. The van der Waals surface area contributed by atoms with E-state index in [2.05, 4.69) is 20.5 Å². The number of rotatable bonds is 3. The van der Waals surface area contributed by atoms with Crippen LogP contribution < -0.4 is 10.1 Å². The largest absolute Gasteiger partial charge is 0.494 e. The van der Waals surface area contributed by atoms with E-state index in [1.165, 1.54) is 0 Å². The summed E-state index contributed by atoms with van der Waals surface area (Å²) in [7, 11) is 5.30. The van der Waals surface area contributed by atoms with Crippen molar-refractivity contribution in [2.45, 2.75) is 0 Å². The highest BCUT2D eigenvalue weighted by Gasteiger charge is 2.13. The summed E-state index contributed by atoms with van der Waals surface area (Å²) in [6.07, 6.45) is 3.36. The zero-order valence-electron chi connectivity index (χ0n) is 9.43. The van der Waals surface area contributed by atoms with Gasteiger partial charge >= 0.3 is 0 Å². The van der Waals surface area contributed by atoms with E-state index in [9.17, 15) is 0 Å². The first-order chi connectivity index (χ1) is 7.77. The summed E-state index contributed by atoms with van der Waals surface area (Å²) in [5.74, 6) is 2.12. The molecule has 16 heavy (non-hydrogen) atoms. The van der Waals surface area contributed by atoms with Gasteiger partial charge in [0, 0.05) is 20.3 Å². The van der Waals surface area contributed by atoms with Gasteiger partial charge in [0.15, 0.2) is 5.82 Å². The van der Waals surface area contributed by atoms with Gasteiger partial charge in [-0.05, 0) is 6.07 Å². The van der Waals surface area contributed by atoms with Crippen LogP contribution in [0.5, 0.6) is 5.75 Å². The fourth-order valence-electron chi connectivity index (χ4n) is 1.51. The lowest BCUT2D eigenvalue weighted by Gasteiger charge is -2.07. The average Bonchev–Trinajstić information content (AvgIpc) is 2.70. The van der Waals surface area contributed by atoms with Crippen molar-refractivity contribution >= 4 is 5.95 Å². The molecule has 1 N–H and O–H groups in total. The second-order valence-corrected chi connectivity index (χ2v) is 3.23. The van der Waals surface area contributed by atoms with Crippen molar-refractivity contribution in [1.82, 2.24) is 19.7 Å². The Labute approximate surface area is 93.3 Å². The number of nitrogens with zero attached hydrogens (tertiary/aromatic N) is 4. The first kappa shape index (κ1) is 10.4. The Bertz CT molecular complexity index is 494. The molecule has 6 heteroatoms. The van der Waals surface area contributed by atoms with Gasteiger partial charge in [0.05, 0.1) is 18.9 Å². The van der Waals surface area contributed by atoms with E-state index < -0.39 is 0 Å². The van der Waals surface area contributed by atoms with Crippen molar-refractivity contribution in [3.63, 3.8) is 0 Å². The molecule has 0 amide bonds. The van der Waals surface area contributed by atoms with E-state index in [0.29, 0.717) is 11.7 Å². The minimum atomic E-state index is 0.681. The van der Waals surface area contributed by atoms with Gasteiger partial charge in [-0.3, -0.25) is 9.55 Å². The standard InChI is InChI=1S/C10H13N5O/c1-11-10-14-13-9(15(10)2)7-4-5-12-6-8(7)16-3/h4-6H,1-3H3,(H,11,14). The Morgan fingerprint density at radius 1 is 1.38 bits per heavy atom. The topological polar surface area (TPSA) is 64.9 Å². The van der Waals surface area contributed by atoms with Crippen molar-refractivity contribution in [3.8, 4) is 17.1 Å². The summed E-state index contributed by atoms with van der Waals surface area (Å²) < 4.78 is 7.09. The highest BCUT2D eigenvalue weighted by atomic mass is 16.5. The number of aromatic nitrogens is 4. The lowest BCUT2D eigenvalue weighted by molar-refractivity contribution is 0.414. The third-order valence-corrected chi connectivity index (χ3v) is 2.34. The lowest BCUT2D eigenvalue weighted by atomic mass is 10.2. The molecule has 2 heterocycles. The van der Waals surface area contributed by atoms with E-state index in [4.69, 9.17) is 4.74 Å². The van der Waals surface area contributed by atoms with Crippen LogP contribution in [-0.2, 0) is 7.05 Å². The molecular formula is C10H13N5O. The van der Waals surface area contributed by atoms with E-state index in [1.54, 1.807) is 26.6 Å². The summed E-state index contributed by atoms with van der Waals surface area (Å²) in [6.45, 7) is 0. The molecule has 0 aliphatic rings. The van der Waals surface area contributed by atoms with E-state index in [0.717, 1.165) is 11.4 Å². The number of ether oxygens (including phenoxy) is 1. The molecule has 0 fully saturated rings. The third-order valence-electron chi connectivity index (χ3n) is 2.34. The molecule has 0 aromatic carbocycles. The first-order valence-corrected chi connectivity index (χ1v) is 4.83. The van der Waals surface area contributed by atoms with Crippen molar-refractivity contribution in [1.29, 1.82) is 0 Å². The molecule has 0 saturated carbocycles. The van der Waals surface area contributed by atoms with Crippen LogP contribution in [0.4, 0.5) is 5.95 Å². The second kappa shape index (κ2) is 4.18. The number of anilines is 1. The Morgan fingerprint density at radius 3 is 2.81 bits per heavy atom. The third kappa shape index (κ3) is 1.58. The quantitative estimate of drug-likeness (QED) is 0.831. The fraction of sp³-hybridized carbons (Fsp3) is 0.300.